The molecule has 1 unspecified atom stereocenters. The average molecular weight is 288 g/mol. The van der Waals surface area contributed by atoms with Crippen LogP contribution in [-0.2, 0) is 9.53 Å². The first kappa shape index (κ1) is 17.5. The van der Waals surface area contributed by atoms with Gasteiger partial charge in [0.15, 0.2) is 0 Å². The molecular weight excluding hydrogens is 260 g/mol. The van der Waals surface area contributed by atoms with Crippen LogP contribution < -0.4 is 0 Å². The SMILES string of the molecule is CCCCCC(C=Cc1ccccc1)OC(=O)CC(C)C. The zero-order valence-electron chi connectivity index (χ0n) is 13.5. The zero-order valence-corrected chi connectivity index (χ0v) is 13.5. The van der Waals surface area contributed by atoms with Gasteiger partial charge >= 0.3 is 5.97 Å². The van der Waals surface area contributed by atoms with Crippen molar-refractivity contribution < 1.29 is 9.53 Å². The summed E-state index contributed by atoms with van der Waals surface area (Å²) in [4.78, 5) is 11.9. The van der Waals surface area contributed by atoms with Gasteiger partial charge in [0.05, 0.1) is 0 Å². The molecule has 0 saturated heterocycles. The average Bonchev–Trinajstić information content (AvgIpc) is 2.45. The van der Waals surface area contributed by atoms with E-state index in [0.29, 0.717) is 12.3 Å². The Balaban J connectivity index is 2.58. The van der Waals surface area contributed by atoms with Crippen LogP contribution in [-0.4, -0.2) is 12.1 Å². The van der Waals surface area contributed by atoms with E-state index in [-0.39, 0.29) is 12.1 Å². The van der Waals surface area contributed by atoms with Gasteiger partial charge in [0.25, 0.3) is 0 Å². The van der Waals surface area contributed by atoms with Gasteiger partial charge in [0, 0.05) is 6.42 Å². The molecule has 1 atom stereocenters. The van der Waals surface area contributed by atoms with E-state index in [4.69, 9.17) is 4.74 Å². The third-order valence-corrected chi connectivity index (χ3v) is 3.25. The van der Waals surface area contributed by atoms with Gasteiger partial charge in [0.1, 0.15) is 6.10 Å². The topological polar surface area (TPSA) is 26.3 Å². The van der Waals surface area contributed by atoms with Crippen molar-refractivity contribution in [2.75, 3.05) is 0 Å². The van der Waals surface area contributed by atoms with E-state index in [1.54, 1.807) is 0 Å². The molecule has 0 aromatic heterocycles. The second-order valence-corrected chi connectivity index (χ2v) is 5.89. The summed E-state index contributed by atoms with van der Waals surface area (Å²) in [7, 11) is 0. The molecule has 0 fully saturated rings. The van der Waals surface area contributed by atoms with Gasteiger partial charge in [0.2, 0.25) is 0 Å². The second-order valence-electron chi connectivity index (χ2n) is 5.89. The van der Waals surface area contributed by atoms with Gasteiger partial charge in [-0.3, -0.25) is 4.79 Å². The van der Waals surface area contributed by atoms with Crippen LogP contribution in [0.5, 0.6) is 0 Å². The maximum absolute atomic E-state index is 11.9. The van der Waals surface area contributed by atoms with E-state index in [1.807, 2.05) is 44.2 Å². The molecule has 0 amide bonds. The van der Waals surface area contributed by atoms with Crippen LogP contribution in [0, 0.1) is 5.92 Å². The predicted octanol–water partition coefficient (Wildman–Crippen LogP) is 5.24. The molecule has 1 aromatic rings. The highest BCUT2D eigenvalue weighted by Crippen LogP contribution is 2.13. The molecule has 0 saturated carbocycles. The molecule has 2 heteroatoms. The summed E-state index contributed by atoms with van der Waals surface area (Å²) in [6, 6.07) is 10.1. The number of unbranched alkanes of at least 4 members (excludes halogenated alkanes) is 2. The quantitative estimate of drug-likeness (QED) is 0.459. The predicted molar refractivity (Wildman–Crippen MR) is 89.0 cm³/mol. The number of hydrogen-bond donors (Lipinski definition) is 0. The Hall–Kier alpha value is -1.57. The minimum absolute atomic E-state index is 0.0933. The first-order valence-electron chi connectivity index (χ1n) is 8.04. The molecule has 0 aliphatic carbocycles. The molecule has 0 radical (unpaired) electrons. The molecule has 0 aliphatic heterocycles. The molecule has 1 aromatic carbocycles. The zero-order chi connectivity index (χ0) is 15.5. The van der Waals surface area contributed by atoms with Crippen LogP contribution in [0.15, 0.2) is 36.4 Å². The van der Waals surface area contributed by atoms with E-state index in [2.05, 4.69) is 19.1 Å². The maximum atomic E-state index is 11.9. The van der Waals surface area contributed by atoms with Crippen LogP contribution in [0.1, 0.15) is 58.4 Å². The molecule has 0 spiro atoms. The van der Waals surface area contributed by atoms with Crippen molar-refractivity contribution in [1.82, 2.24) is 0 Å². The number of carbonyl (C=O) groups excluding carboxylic acids is 1. The number of hydrogen-bond acceptors (Lipinski definition) is 2. The summed E-state index contributed by atoms with van der Waals surface area (Å²) in [5, 5.41) is 0. The number of rotatable bonds is 9. The Morgan fingerprint density at radius 3 is 2.52 bits per heavy atom. The van der Waals surface area contributed by atoms with E-state index < -0.39 is 0 Å². The molecule has 0 aliphatic rings. The lowest BCUT2D eigenvalue weighted by Gasteiger charge is -2.15. The van der Waals surface area contributed by atoms with Crippen molar-refractivity contribution in [2.45, 2.75) is 59.0 Å². The largest absolute Gasteiger partial charge is 0.458 e. The molecule has 0 heterocycles. The Morgan fingerprint density at radius 1 is 1.19 bits per heavy atom. The summed E-state index contributed by atoms with van der Waals surface area (Å²) in [5.41, 5.74) is 1.14. The Bertz CT molecular complexity index is 420. The van der Waals surface area contributed by atoms with Gasteiger partial charge in [-0.15, -0.1) is 0 Å². The third kappa shape index (κ3) is 8.34. The normalized spacial score (nSPS) is 12.8. The molecule has 2 nitrogen and oxygen atoms in total. The summed E-state index contributed by atoms with van der Waals surface area (Å²) >= 11 is 0. The first-order valence-corrected chi connectivity index (χ1v) is 8.04. The summed E-state index contributed by atoms with van der Waals surface area (Å²) in [5.74, 6) is 0.246. The summed E-state index contributed by atoms with van der Waals surface area (Å²) < 4.78 is 5.60. The molecule has 0 N–H and O–H groups in total. The van der Waals surface area contributed by atoms with Gasteiger partial charge in [-0.25, -0.2) is 0 Å². The van der Waals surface area contributed by atoms with Crippen molar-refractivity contribution in [1.29, 1.82) is 0 Å². The third-order valence-electron chi connectivity index (χ3n) is 3.25. The van der Waals surface area contributed by atoms with Crippen LogP contribution in [0.3, 0.4) is 0 Å². The molecule has 0 bridgehead atoms. The summed E-state index contributed by atoms with van der Waals surface area (Å²) in [6.45, 7) is 6.25. The number of ether oxygens (including phenoxy) is 1. The molecule has 116 valence electrons. The lowest BCUT2D eigenvalue weighted by Crippen LogP contribution is -2.17. The lowest BCUT2D eigenvalue weighted by molar-refractivity contribution is -0.148. The van der Waals surface area contributed by atoms with Gasteiger partial charge < -0.3 is 4.74 Å². The Kier molecular flexibility index (Phi) is 8.49. The minimum Gasteiger partial charge on any atom is -0.458 e. The van der Waals surface area contributed by atoms with Crippen molar-refractivity contribution in [3.63, 3.8) is 0 Å². The van der Waals surface area contributed by atoms with Crippen molar-refractivity contribution >= 4 is 12.0 Å². The van der Waals surface area contributed by atoms with Crippen molar-refractivity contribution in [3.8, 4) is 0 Å². The van der Waals surface area contributed by atoms with Gasteiger partial charge in [-0.05, 0) is 30.4 Å². The Morgan fingerprint density at radius 2 is 1.90 bits per heavy atom. The molecule has 1 rings (SSSR count). The highest BCUT2D eigenvalue weighted by Gasteiger charge is 2.12. The van der Waals surface area contributed by atoms with Crippen molar-refractivity contribution in [3.05, 3.63) is 42.0 Å². The standard InChI is InChI=1S/C19H28O2/c1-4-5-7-12-18(21-19(20)15-16(2)3)14-13-17-10-8-6-9-11-17/h6,8-11,13-14,16,18H,4-5,7,12,15H2,1-3H3. The fourth-order valence-electron chi connectivity index (χ4n) is 2.12. The van der Waals surface area contributed by atoms with Crippen LogP contribution in [0.25, 0.3) is 6.08 Å². The van der Waals surface area contributed by atoms with Crippen LogP contribution >= 0.6 is 0 Å². The van der Waals surface area contributed by atoms with E-state index in [9.17, 15) is 4.79 Å². The highest BCUT2D eigenvalue weighted by molar-refractivity contribution is 5.70. The first-order chi connectivity index (χ1) is 10.1. The lowest BCUT2D eigenvalue weighted by atomic mass is 10.1. The fraction of sp³-hybridized carbons (Fsp3) is 0.526. The minimum atomic E-state index is -0.108. The number of esters is 1. The van der Waals surface area contributed by atoms with Gasteiger partial charge in [-0.1, -0.05) is 70.0 Å². The van der Waals surface area contributed by atoms with Gasteiger partial charge in [-0.2, -0.15) is 0 Å². The van der Waals surface area contributed by atoms with Crippen molar-refractivity contribution in [2.24, 2.45) is 5.92 Å². The highest BCUT2D eigenvalue weighted by atomic mass is 16.5. The van der Waals surface area contributed by atoms with Crippen LogP contribution in [0.2, 0.25) is 0 Å². The second kappa shape index (κ2) is 10.2. The smallest absolute Gasteiger partial charge is 0.306 e. The fourth-order valence-corrected chi connectivity index (χ4v) is 2.12. The molecular formula is C19H28O2. The monoisotopic (exact) mass is 288 g/mol. The van der Waals surface area contributed by atoms with E-state index >= 15 is 0 Å². The number of carbonyl (C=O) groups is 1. The maximum Gasteiger partial charge on any atom is 0.306 e. The number of benzene rings is 1. The summed E-state index contributed by atoms with van der Waals surface area (Å²) in [6.07, 6.45) is 8.79. The van der Waals surface area contributed by atoms with E-state index in [1.165, 1.54) is 12.8 Å². The van der Waals surface area contributed by atoms with E-state index in [0.717, 1.165) is 18.4 Å². The van der Waals surface area contributed by atoms with Crippen LogP contribution in [0.4, 0.5) is 0 Å². The Labute approximate surface area is 129 Å². The molecule has 21 heavy (non-hydrogen) atoms.